The quantitative estimate of drug-likeness (QED) is 0.808. The number of anilines is 1. The van der Waals surface area contributed by atoms with E-state index in [4.69, 9.17) is 4.74 Å². The summed E-state index contributed by atoms with van der Waals surface area (Å²) in [6.07, 6.45) is 0.645. The fourth-order valence-electron chi connectivity index (χ4n) is 2.82. The molecule has 3 nitrogen and oxygen atoms in total. The van der Waals surface area contributed by atoms with Crippen molar-refractivity contribution in [1.82, 2.24) is 0 Å². The van der Waals surface area contributed by atoms with Gasteiger partial charge in [-0.15, -0.1) is 0 Å². The fraction of sp³-hybridized carbons (Fsp3) is 0.400. The summed E-state index contributed by atoms with van der Waals surface area (Å²) in [6, 6.07) is 15.6. The largest absolute Gasteiger partial charge is 0.508 e. The number of phenols is 1. The lowest BCUT2D eigenvalue weighted by Crippen LogP contribution is -2.32. The zero-order chi connectivity index (χ0) is 16.9. The Morgan fingerprint density at radius 3 is 2.22 bits per heavy atom. The zero-order valence-corrected chi connectivity index (χ0v) is 14.5. The maximum Gasteiger partial charge on any atom is 0.143 e. The predicted octanol–water partition coefficient (Wildman–Crippen LogP) is 4.64. The van der Waals surface area contributed by atoms with E-state index in [9.17, 15) is 5.11 Å². The van der Waals surface area contributed by atoms with Crippen LogP contribution in [0.5, 0.6) is 11.5 Å². The summed E-state index contributed by atoms with van der Waals surface area (Å²) in [7, 11) is 0. The highest BCUT2D eigenvalue weighted by molar-refractivity contribution is 5.58. The molecule has 2 aromatic carbocycles. The van der Waals surface area contributed by atoms with Gasteiger partial charge in [-0.25, -0.2) is 0 Å². The second-order valence-corrected chi connectivity index (χ2v) is 6.31. The molecular weight excluding hydrogens is 286 g/mol. The predicted molar refractivity (Wildman–Crippen MR) is 96.5 cm³/mol. The van der Waals surface area contributed by atoms with Crippen molar-refractivity contribution in [2.24, 2.45) is 0 Å². The maximum atomic E-state index is 10.00. The number of hydrogen-bond acceptors (Lipinski definition) is 3. The van der Waals surface area contributed by atoms with Crippen LogP contribution < -0.4 is 9.64 Å². The van der Waals surface area contributed by atoms with Crippen LogP contribution in [0.3, 0.4) is 0 Å². The number of hydrogen-bond donors (Lipinski definition) is 1. The van der Waals surface area contributed by atoms with Crippen molar-refractivity contribution >= 4 is 5.69 Å². The molecule has 0 aliphatic rings. The van der Waals surface area contributed by atoms with Gasteiger partial charge in [0.25, 0.3) is 0 Å². The Hall–Kier alpha value is -2.16. The smallest absolute Gasteiger partial charge is 0.143 e. The van der Waals surface area contributed by atoms with Crippen LogP contribution >= 0.6 is 0 Å². The maximum absolute atomic E-state index is 10.00. The van der Waals surface area contributed by atoms with Gasteiger partial charge < -0.3 is 14.7 Å². The highest BCUT2D eigenvalue weighted by Gasteiger charge is 2.24. The van der Waals surface area contributed by atoms with Gasteiger partial charge in [0.05, 0.1) is 5.69 Å². The van der Waals surface area contributed by atoms with E-state index in [-0.39, 0.29) is 0 Å². The monoisotopic (exact) mass is 313 g/mol. The Bertz CT molecular complexity index is 633. The van der Waals surface area contributed by atoms with Crippen molar-refractivity contribution in [3.63, 3.8) is 0 Å². The SMILES string of the molecule is CCN(CC)c1ccccc1OC(C)(C)Cc1ccccc1O. The van der Waals surface area contributed by atoms with E-state index in [1.54, 1.807) is 6.07 Å². The first-order chi connectivity index (χ1) is 11.0. The van der Waals surface area contributed by atoms with Gasteiger partial charge in [0, 0.05) is 19.5 Å². The molecule has 0 bridgehead atoms. The molecule has 0 radical (unpaired) electrons. The van der Waals surface area contributed by atoms with Crippen molar-refractivity contribution in [3.05, 3.63) is 54.1 Å². The molecule has 0 atom stereocenters. The zero-order valence-electron chi connectivity index (χ0n) is 14.5. The number of benzene rings is 2. The van der Waals surface area contributed by atoms with Gasteiger partial charge in [-0.05, 0) is 51.5 Å². The van der Waals surface area contributed by atoms with Crippen LogP contribution in [0.15, 0.2) is 48.5 Å². The first-order valence-electron chi connectivity index (χ1n) is 8.26. The van der Waals surface area contributed by atoms with Gasteiger partial charge in [0.1, 0.15) is 17.1 Å². The highest BCUT2D eigenvalue weighted by atomic mass is 16.5. The van der Waals surface area contributed by atoms with Crippen LogP contribution in [-0.4, -0.2) is 23.8 Å². The van der Waals surface area contributed by atoms with Gasteiger partial charge in [-0.1, -0.05) is 30.3 Å². The fourth-order valence-corrected chi connectivity index (χ4v) is 2.82. The average molecular weight is 313 g/mol. The Labute approximate surface area is 139 Å². The molecule has 0 unspecified atom stereocenters. The average Bonchev–Trinajstić information content (AvgIpc) is 2.52. The highest BCUT2D eigenvalue weighted by Crippen LogP contribution is 2.33. The summed E-state index contributed by atoms with van der Waals surface area (Å²) in [6.45, 7) is 10.3. The second-order valence-electron chi connectivity index (χ2n) is 6.31. The topological polar surface area (TPSA) is 32.7 Å². The Balaban J connectivity index is 2.22. The minimum Gasteiger partial charge on any atom is -0.508 e. The normalized spacial score (nSPS) is 11.3. The lowest BCUT2D eigenvalue weighted by molar-refractivity contribution is 0.109. The standard InChI is InChI=1S/C20H27NO2/c1-5-21(6-2)17-12-8-10-14-19(17)23-20(3,4)15-16-11-7-9-13-18(16)22/h7-14,22H,5-6,15H2,1-4H3. The van der Waals surface area contributed by atoms with E-state index >= 15 is 0 Å². The van der Waals surface area contributed by atoms with Crippen LogP contribution in [-0.2, 0) is 6.42 Å². The molecule has 0 heterocycles. The molecule has 0 fully saturated rings. The first-order valence-corrected chi connectivity index (χ1v) is 8.26. The molecular formula is C20H27NO2. The van der Waals surface area contributed by atoms with Crippen molar-refractivity contribution in [3.8, 4) is 11.5 Å². The molecule has 2 aromatic rings. The number of rotatable bonds is 7. The van der Waals surface area contributed by atoms with E-state index in [0.717, 1.165) is 30.1 Å². The van der Waals surface area contributed by atoms with Gasteiger partial charge in [0.2, 0.25) is 0 Å². The molecule has 0 amide bonds. The number of phenolic OH excluding ortho intramolecular Hbond substituents is 1. The van der Waals surface area contributed by atoms with Crippen LogP contribution in [0, 0.1) is 0 Å². The van der Waals surface area contributed by atoms with Crippen LogP contribution in [0.2, 0.25) is 0 Å². The van der Waals surface area contributed by atoms with E-state index in [1.165, 1.54) is 0 Å². The number of para-hydroxylation sites is 3. The van der Waals surface area contributed by atoms with E-state index in [1.807, 2.05) is 36.4 Å². The third kappa shape index (κ3) is 4.41. The Morgan fingerprint density at radius 1 is 0.957 bits per heavy atom. The molecule has 0 saturated heterocycles. The van der Waals surface area contributed by atoms with Gasteiger partial charge >= 0.3 is 0 Å². The third-order valence-corrected chi connectivity index (χ3v) is 3.96. The van der Waals surface area contributed by atoms with E-state index in [2.05, 4.69) is 38.7 Å². The van der Waals surface area contributed by atoms with Crippen LogP contribution in [0.1, 0.15) is 33.3 Å². The van der Waals surface area contributed by atoms with Crippen molar-refractivity contribution in [1.29, 1.82) is 0 Å². The molecule has 0 spiro atoms. The minimum absolute atomic E-state index is 0.321. The number of ether oxygens (including phenoxy) is 1. The first kappa shape index (κ1) is 17.2. The molecule has 0 aromatic heterocycles. The summed E-state index contributed by atoms with van der Waals surface area (Å²) < 4.78 is 6.32. The molecule has 23 heavy (non-hydrogen) atoms. The van der Waals surface area contributed by atoms with Crippen molar-refractivity contribution < 1.29 is 9.84 Å². The summed E-state index contributed by atoms with van der Waals surface area (Å²) in [4.78, 5) is 2.28. The summed E-state index contributed by atoms with van der Waals surface area (Å²) in [5.41, 5.74) is 1.60. The summed E-state index contributed by atoms with van der Waals surface area (Å²) >= 11 is 0. The molecule has 1 N–H and O–H groups in total. The molecule has 124 valence electrons. The van der Waals surface area contributed by atoms with Crippen LogP contribution in [0.4, 0.5) is 5.69 Å². The molecule has 0 aliphatic heterocycles. The Morgan fingerprint density at radius 2 is 1.57 bits per heavy atom. The number of nitrogens with zero attached hydrogens (tertiary/aromatic N) is 1. The van der Waals surface area contributed by atoms with Crippen molar-refractivity contribution in [2.75, 3.05) is 18.0 Å². The lowest BCUT2D eigenvalue weighted by Gasteiger charge is -2.31. The lowest BCUT2D eigenvalue weighted by atomic mass is 9.97. The minimum atomic E-state index is -0.415. The van der Waals surface area contributed by atoms with Gasteiger partial charge in [0.15, 0.2) is 0 Å². The summed E-state index contributed by atoms with van der Waals surface area (Å²) in [5.74, 6) is 1.21. The van der Waals surface area contributed by atoms with E-state index < -0.39 is 5.60 Å². The molecule has 0 aliphatic carbocycles. The van der Waals surface area contributed by atoms with Gasteiger partial charge in [-0.3, -0.25) is 0 Å². The molecule has 0 saturated carbocycles. The third-order valence-electron chi connectivity index (χ3n) is 3.96. The number of aromatic hydroxyl groups is 1. The van der Waals surface area contributed by atoms with E-state index in [0.29, 0.717) is 12.2 Å². The van der Waals surface area contributed by atoms with Crippen molar-refractivity contribution in [2.45, 2.75) is 39.7 Å². The molecule has 2 rings (SSSR count). The molecule has 3 heteroatoms. The van der Waals surface area contributed by atoms with Crippen LogP contribution in [0.25, 0.3) is 0 Å². The second kappa shape index (κ2) is 7.40. The Kier molecular flexibility index (Phi) is 5.54. The van der Waals surface area contributed by atoms with Gasteiger partial charge in [-0.2, -0.15) is 0 Å². The summed E-state index contributed by atoms with van der Waals surface area (Å²) in [5, 5.41) is 10.00.